The van der Waals surface area contributed by atoms with Crippen LogP contribution in [0.15, 0.2) is 77.7 Å². The first-order chi connectivity index (χ1) is 15.0. The fourth-order valence-corrected chi connectivity index (χ4v) is 3.69. The van der Waals surface area contributed by atoms with E-state index in [2.05, 4.69) is 10.0 Å². The van der Waals surface area contributed by atoms with Crippen molar-refractivity contribution < 1.29 is 31.3 Å². The van der Waals surface area contributed by atoms with E-state index in [-0.39, 0.29) is 27.5 Å². The van der Waals surface area contributed by atoms with E-state index in [9.17, 15) is 36.5 Å². The highest BCUT2D eigenvalue weighted by atomic mass is 32.2. The van der Waals surface area contributed by atoms with Gasteiger partial charge in [-0.05, 0) is 54.6 Å². The number of benzene rings is 3. The molecule has 0 bridgehead atoms. The van der Waals surface area contributed by atoms with Crippen LogP contribution in [-0.2, 0) is 16.2 Å². The lowest BCUT2D eigenvalue weighted by Gasteiger charge is -2.11. The number of carbonyl (C=O) groups excluding carboxylic acids is 1. The quantitative estimate of drug-likeness (QED) is 0.405. The van der Waals surface area contributed by atoms with Crippen LogP contribution < -0.4 is 10.0 Å². The molecule has 3 aromatic rings. The lowest BCUT2D eigenvalue weighted by atomic mass is 10.1. The Morgan fingerprint density at radius 3 is 2.09 bits per heavy atom. The van der Waals surface area contributed by atoms with Crippen LogP contribution in [0.5, 0.6) is 0 Å². The van der Waals surface area contributed by atoms with Crippen LogP contribution in [0.1, 0.15) is 15.9 Å². The summed E-state index contributed by atoms with van der Waals surface area (Å²) in [7, 11) is -4.04. The number of non-ortho nitro benzene ring substituents is 1. The molecule has 0 atom stereocenters. The zero-order chi connectivity index (χ0) is 23.5. The van der Waals surface area contributed by atoms with Crippen molar-refractivity contribution in [3.05, 3.63) is 94.0 Å². The third-order valence-electron chi connectivity index (χ3n) is 4.20. The molecule has 2 N–H and O–H groups in total. The summed E-state index contributed by atoms with van der Waals surface area (Å²) in [5, 5.41) is 13.0. The number of anilines is 2. The fourth-order valence-electron chi connectivity index (χ4n) is 2.63. The van der Waals surface area contributed by atoms with E-state index in [0.29, 0.717) is 0 Å². The van der Waals surface area contributed by atoms with Crippen LogP contribution >= 0.6 is 0 Å². The fraction of sp³-hybridized carbons (Fsp3) is 0.0500. The van der Waals surface area contributed by atoms with Crippen LogP contribution in [0.3, 0.4) is 0 Å². The molecule has 0 aromatic heterocycles. The molecule has 0 unspecified atom stereocenters. The van der Waals surface area contributed by atoms with Crippen molar-refractivity contribution in [3.8, 4) is 0 Å². The van der Waals surface area contributed by atoms with Crippen molar-refractivity contribution in [2.45, 2.75) is 11.1 Å². The molecule has 32 heavy (non-hydrogen) atoms. The van der Waals surface area contributed by atoms with Gasteiger partial charge in [0.05, 0.1) is 15.4 Å². The zero-order valence-corrected chi connectivity index (χ0v) is 16.8. The minimum absolute atomic E-state index is 0.0484. The second kappa shape index (κ2) is 8.67. The molecule has 0 aliphatic rings. The van der Waals surface area contributed by atoms with Gasteiger partial charge in [0.25, 0.3) is 21.6 Å². The Morgan fingerprint density at radius 1 is 0.906 bits per heavy atom. The minimum Gasteiger partial charge on any atom is -0.322 e. The van der Waals surface area contributed by atoms with Crippen LogP contribution in [0, 0.1) is 10.1 Å². The maximum absolute atomic E-state index is 12.8. The van der Waals surface area contributed by atoms with Crippen molar-refractivity contribution in [1.82, 2.24) is 0 Å². The number of sulfonamides is 1. The number of halogens is 3. The van der Waals surface area contributed by atoms with E-state index < -0.39 is 32.6 Å². The molecule has 0 saturated carbocycles. The van der Waals surface area contributed by atoms with Crippen molar-refractivity contribution in [2.75, 3.05) is 10.0 Å². The maximum Gasteiger partial charge on any atom is 0.416 e. The summed E-state index contributed by atoms with van der Waals surface area (Å²) in [6, 6.07) is 13.6. The molecule has 0 aliphatic heterocycles. The highest BCUT2D eigenvalue weighted by molar-refractivity contribution is 7.92. The van der Waals surface area contributed by atoms with Crippen molar-refractivity contribution in [2.24, 2.45) is 0 Å². The second-order valence-electron chi connectivity index (χ2n) is 6.47. The lowest BCUT2D eigenvalue weighted by molar-refractivity contribution is -0.384. The summed E-state index contributed by atoms with van der Waals surface area (Å²) in [5.41, 5.74) is -1.03. The van der Waals surface area contributed by atoms with Crippen molar-refractivity contribution >= 4 is 33.0 Å². The third-order valence-corrected chi connectivity index (χ3v) is 5.60. The number of nitro groups is 1. The summed E-state index contributed by atoms with van der Waals surface area (Å²) in [6.45, 7) is 0. The first-order valence-corrected chi connectivity index (χ1v) is 10.3. The third kappa shape index (κ3) is 5.40. The number of nitrogens with zero attached hydrogens (tertiary/aromatic N) is 1. The van der Waals surface area contributed by atoms with Gasteiger partial charge in [-0.1, -0.05) is 6.07 Å². The number of hydrogen-bond donors (Lipinski definition) is 2. The highest BCUT2D eigenvalue weighted by Crippen LogP contribution is 2.30. The standard InChI is InChI=1S/C20H14F3N3O5S/c21-20(22,23)14-2-1-3-16(12-14)24-19(27)13-4-6-15(7-5-13)25-32(30,31)18-10-8-17(9-11-18)26(28)29/h1-12,25H,(H,24,27). The topological polar surface area (TPSA) is 118 Å². The summed E-state index contributed by atoms with van der Waals surface area (Å²) < 4.78 is 65.4. The van der Waals surface area contributed by atoms with Gasteiger partial charge in [0.1, 0.15) is 0 Å². The molecule has 0 aliphatic carbocycles. The van der Waals surface area contributed by atoms with Crippen LogP contribution in [0.4, 0.5) is 30.2 Å². The zero-order valence-electron chi connectivity index (χ0n) is 16.0. The van der Waals surface area contributed by atoms with Gasteiger partial charge >= 0.3 is 6.18 Å². The molecule has 0 spiro atoms. The molecular weight excluding hydrogens is 451 g/mol. The summed E-state index contributed by atoms with van der Waals surface area (Å²) in [5.74, 6) is -0.686. The minimum atomic E-state index is -4.55. The molecule has 3 aromatic carbocycles. The number of rotatable bonds is 6. The van der Waals surface area contributed by atoms with Crippen molar-refractivity contribution in [3.63, 3.8) is 0 Å². The molecule has 0 fully saturated rings. The van der Waals surface area contributed by atoms with Crippen LogP contribution in [0.2, 0.25) is 0 Å². The number of amides is 1. The molecular formula is C20H14F3N3O5S. The van der Waals surface area contributed by atoms with E-state index in [4.69, 9.17) is 0 Å². The second-order valence-corrected chi connectivity index (χ2v) is 8.15. The summed E-state index contributed by atoms with van der Waals surface area (Å²) in [4.78, 5) is 22.1. The van der Waals surface area contributed by atoms with Gasteiger partial charge in [0.2, 0.25) is 0 Å². The smallest absolute Gasteiger partial charge is 0.322 e. The molecule has 0 radical (unpaired) electrons. The SMILES string of the molecule is O=C(Nc1cccc(C(F)(F)F)c1)c1ccc(NS(=O)(=O)c2ccc([N+](=O)[O-])cc2)cc1. The van der Waals surface area contributed by atoms with E-state index in [1.165, 1.54) is 30.3 Å². The average Bonchev–Trinajstić information content (AvgIpc) is 2.73. The van der Waals surface area contributed by atoms with Gasteiger partial charge in [-0.3, -0.25) is 19.6 Å². The molecule has 8 nitrogen and oxygen atoms in total. The maximum atomic E-state index is 12.8. The number of carbonyl (C=O) groups is 1. The van der Waals surface area contributed by atoms with Crippen LogP contribution in [0.25, 0.3) is 0 Å². The number of alkyl halides is 3. The lowest BCUT2D eigenvalue weighted by Crippen LogP contribution is -2.14. The Kier molecular flexibility index (Phi) is 6.16. The van der Waals surface area contributed by atoms with Gasteiger partial charge in [0.15, 0.2) is 0 Å². The Morgan fingerprint density at radius 2 is 1.53 bits per heavy atom. The predicted molar refractivity (Wildman–Crippen MR) is 110 cm³/mol. The Hall–Kier alpha value is -3.93. The highest BCUT2D eigenvalue weighted by Gasteiger charge is 2.30. The summed E-state index contributed by atoms with van der Waals surface area (Å²) in [6.07, 6.45) is -4.55. The Balaban J connectivity index is 1.70. The Bertz CT molecular complexity index is 1260. The molecule has 0 heterocycles. The van der Waals surface area contributed by atoms with E-state index in [1.54, 1.807) is 0 Å². The summed E-state index contributed by atoms with van der Waals surface area (Å²) >= 11 is 0. The van der Waals surface area contributed by atoms with Crippen LogP contribution in [-0.4, -0.2) is 19.2 Å². The predicted octanol–water partition coefficient (Wildman–Crippen LogP) is 4.67. The average molecular weight is 465 g/mol. The molecule has 166 valence electrons. The van der Waals surface area contributed by atoms with Crippen molar-refractivity contribution in [1.29, 1.82) is 0 Å². The van der Waals surface area contributed by atoms with Gasteiger partial charge in [-0.25, -0.2) is 8.42 Å². The van der Waals surface area contributed by atoms with E-state index in [1.807, 2.05) is 0 Å². The Labute approximate surface area is 179 Å². The van der Waals surface area contributed by atoms with E-state index >= 15 is 0 Å². The molecule has 1 amide bonds. The van der Waals surface area contributed by atoms with Gasteiger partial charge in [-0.15, -0.1) is 0 Å². The monoisotopic (exact) mass is 465 g/mol. The van der Waals surface area contributed by atoms with Gasteiger partial charge < -0.3 is 5.32 Å². The molecule has 12 heteroatoms. The van der Waals surface area contributed by atoms with E-state index in [0.717, 1.165) is 42.5 Å². The molecule has 0 saturated heterocycles. The number of nitro benzene ring substituents is 1. The van der Waals surface area contributed by atoms with Gasteiger partial charge in [-0.2, -0.15) is 13.2 Å². The molecule has 3 rings (SSSR count). The van der Waals surface area contributed by atoms with Gasteiger partial charge in [0, 0.05) is 29.1 Å². The first kappa shape index (κ1) is 22.7. The largest absolute Gasteiger partial charge is 0.416 e. The first-order valence-electron chi connectivity index (χ1n) is 8.82. The number of nitrogens with one attached hydrogen (secondary N) is 2. The number of hydrogen-bond acceptors (Lipinski definition) is 5. The normalized spacial score (nSPS) is 11.6.